The van der Waals surface area contributed by atoms with E-state index >= 15 is 0 Å². The van der Waals surface area contributed by atoms with E-state index in [0.717, 1.165) is 29.0 Å². The minimum Gasteiger partial charge on any atom is -0.497 e. The molecule has 144 valence electrons. The molecule has 0 amide bonds. The van der Waals surface area contributed by atoms with Crippen LogP contribution in [0.15, 0.2) is 35.5 Å². The number of nitrogens with one attached hydrogen (secondary N) is 2. The van der Waals surface area contributed by atoms with Crippen molar-refractivity contribution in [3.8, 4) is 11.5 Å². The lowest BCUT2D eigenvalue weighted by molar-refractivity contribution is 0.223. The Morgan fingerprint density at radius 1 is 1.31 bits per heavy atom. The summed E-state index contributed by atoms with van der Waals surface area (Å²) < 4.78 is 11.1. The normalized spacial score (nSPS) is 12.1. The molecule has 0 aliphatic carbocycles. The number of aromatic nitrogens is 1. The van der Waals surface area contributed by atoms with Crippen molar-refractivity contribution in [1.82, 2.24) is 15.6 Å². The number of guanidine groups is 1. The summed E-state index contributed by atoms with van der Waals surface area (Å²) in [6.07, 6.45) is 1.86. The maximum atomic E-state index is 5.92. The summed E-state index contributed by atoms with van der Waals surface area (Å²) in [5.41, 5.74) is 0. The summed E-state index contributed by atoms with van der Waals surface area (Å²) in [6, 6.07) is 7.60. The molecule has 0 fully saturated rings. The average molecular weight is 490 g/mol. The molecule has 0 radical (unpaired) electrons. The number of hydrogen-bond acceptors (Lipinski definition) is 5. The van der Waals surface area contributed by atoms with E-state index in [-0.39, 0.29) is 30.1 Å². The second-order valence-electron chi connectivity index (χ2n) is 5.55. The SMILES string of the molecule is CCNC(=NCc1ncc(C)s1)NCC(C)Oc1cccc(OC)c1.I. The summed E-state index contributed by atoms with van der Waals surface area (Å²) in [5.74, 6) is 2.33. The van der Waals surface area contributed by atoms with Crippen molar-refractivity contribution in [2.45, 2.75) is 33.4 Å². The summed E-state index contributed by atoms with van der Waals surface area (Å²) in [7, 11) is 1.65. The number of thiazole rings is 1. The highest BCUT2D eigenvalue weighted by Crippen LogP contribution is 2.19. The number of nitrogens with zero attached hydrogens (tertiary/aromatic N) is 2. The fraction of sp³-hybridized carbons (Fsp3) is 0.444. The Hall–Kier alpha value is -1.55. The second kappa shape index (κ2) is 11.9. The van der Waals surface area contributed by atoms with Gasteiger partial charge in [-0.05, 0) is 32.9 Å². The summed E-state index contributed by atoms with van der Waals surface area (Å²) in [5, 5.41) is 7.55. The van der Waals surface area contributed by atoms with Crippen LogP contribution >= 0.6 is 35.3 Å². The first-order chi connectivity index (χ1) is 12.1. The number of hydrogen-bond donors (Lipinski definition) is 2. The molecule has 6 nitrogen and oxygen atoms in total. The third-order valence-corrected chi connectivity index (χ3v) is 4.22. The topological polar surface area (TPSA) is 67.8 Å². The molecule has 1 heterocycles. The molecule has 0 spiro atoms. The van der Waals surface area contributed by atoms with Gasteiger partial charge >= 0.3 is 0 Å². The number of aryl methyl sites for hydroxylation is 1. The fourth-order valence-electron chi connectivity index (χ4n) is 2.15. The maximum Gasteiger partial charge on any atom is 0.191 e. The van der Waals surface area contributed by atoms with Crippen LogP contribution in [0.5, 0.6) is 11.5 Å². The monoisotopic (exact) mass is 490 g/mol. The van der Waals surface area contributed by atoms with Crippen molar-refractivity contribution in [1.29, 1.82) is 0 Å². The molecule has 0 saturated heterocycles. The minimum atomic E-state index is -0.0157. The molecule has 2 rings (SSSR count). The van der Waals surface area contributed by atoms with Crippen LogP contribution in [0.4, 0.5) is 0 Å². The number of halogens is 1. The van der Waals surface area contributed by atoms with E-state index in [1.54, 1.807) is 18.4 Å². The summed E-state index contributed by atoms with van der Waals surface area (Å²) in [4.78, 5) is 10.1. The molecule has 1 atom stereocenters. The third kappa shape index (κ3) is 7.77. The van der Waals surface area contributed by atoms with Crippen LogP contribution in [0.25, 0.3) is 0 Å². The van der Waals surface area contributed by atoms with Gasteiger partial charge in [-0.2, -0.15) is 0 Å². The number of ether oxygens (including phenoxy) is 2. The van der Waals surface area contributed by atoms with Gasteiger partial charge in [0.25, 0.3) is 0 Å². The van der Waals surface area contributed by atoms with Crippen LogP contribution in [0.2, 0.25) is 0 Å². The zero-order valence-electron chi connectivity index (χ0n) is 15.6. The standard InChI is InChI=1S/C18H26N4O2S.HI/c1-5-19-18(22-12-17-20-11-14(3)25-17)21-10-13(2)24-16-8-6-7-15(9-16)23-4;/h6-9,11,13H,5,10,12H2,1-4H3,(H2,19,21,22);1H. The van der Waals surface area contributed by atoms with Crippen molar-refractivity contribution in [2.24, 2.45) is 4.99 Å². The van der Waals surface area contributed by atoms with Crippen molar-refractivity contribution >= 4 is 41.3 Å². The van der Waals surface area contributed by atoms with Gasteiger partial charge in [-0.1, -0.05) is 6.07 Å². The number of benzene rings is 1. The lowest BCUT2D eigenvalue weighted by Gasteiger charge is -2.18. The second-order valence-corrected chi connectivity index (χ2v) is 6.87. The van der Waals surface area contributed by atoms with Gasteiger partial charge in [0.1, 0.15) is 22.6 Å². The largest absolute Gasteiger partial charge is 0.497 e. The zero-order valence-corrected chi connectivity index (χ0v) is 18.8. The molecule has 1 aromatic heterocycles. The minimum absolute atomic E-state index is 0. The Balaban J connectivity index is 0.00000338. The molecule has 2 N–H and O–H groups in total. The first-order valence-electron chi connectivity index (χ1n) is 8.35. The molecule has 1 aromatic carbocycles. The van der Waals surface area contributed by atoms with Gasteiger partial charge in [0, 0.05) is 23.7 Å². The van der Waals surface area contributed by atoms with E-state index < -0.39 is 0 Å². The highest BCUT2D eigenvalue weighted by atomic mass is 127. The summed E-state index contributed by atoms with van der Waals surface area (Å²) in [6.45, 7) is 8.11. The predicted molar refractivity (Wildman–Crippen MR) is 118 cm³/mol. The number of aliphatic imine (C=N–C) groups is 1. The third-order valence-electron chi connectivity index (χ3n) is 3.32. The van der Waals surface area contributed by atoms with Crippen molar-refractivity contribution in [3.63, 3.8) is 0 Å². The maximum absolute atomic E-state index is 5.92. The quantitative estimate of drug-likeness (QED) is 0.336. The van der Waals surface area contributed by atoms with Gasteiger partial charge in [-0.3, -0.25) is 0 Å². The summed E-state index contributed by atoms with van der Waals surface area (Å²) >= 11 is 1.67. The van der Waals surface area contributed by atoms with E-state index in [0.29, 0.717) is 13.1 Å². The Bertz CT molecular complexity index is 693. The van der Waals surface area contributed by atoms with E-state index in [2.05, 4.69) is 20.6 Å². The Labute approximate surface area is 176 Å². The van der Waals surface area contributed by atoms with E-state index in [1.165, 1.54) is 4.88 Å². The first-order valence-corrected chi connectivity index (χ1v) is 9.16. The molecule has 0 aliphatic rings. The Morgan fingerprint density at radius 3 is 2.73 bits per heavy atom. The molecule has 26 heavy (non-hydrogen) atoms. The zero-order chi connectivity index (χ0) is 18.1. The number of rotatable bonds is 8. The van der Waals surface area contributed by atoms with Gasteiger partial charge in [-0.15, -0.1) is 35.3 Å². The number of methoxy groups -OCH3 is 1. The van der Waals surface area contributed by atoms with Gasteiger partial charge in [0.2, 0.25) is 0 Å². The molecule has 2 aromatic rings. The van der Waals surface area contributed by atoms with Crippen molar-refractivity contribution in [3.05, 3.63) is 40.3 Å². The molecule has 0 saturated carbocycles. The van der Waals surface area contributed by atoms with E-state index in [1.807, 2.05) is 51.2 Å². The molecule has 0 aliphatic heterocycles. The Morgan fingerprint density at radius 2 is 2.08 bits per heavy atom. The molecular weight excluding hydrogens is 463 g/mol. The lowest BCUT2D eigenvalue weighted by atomic mass is 10.3. The van der Waals surface area contributed by atoms with E-state index in [4.69, 9.17) is 9.47 Å². The smallest absolute Gasteiger partial charge is 0.191 e. The molecule has 0 bridgehead atoms. The van der Waals surface area contributed by atoms with Crippen LogP contribution in [-0.2, 0) is 6.54 Å². The Kier molecular flexibility index (Phi) is 10.3. The van der Waals surface area contributed by atoms with E-state index in [9.17, 15) is 0 Å². The first kappa shape index (κ1) is 22.5. The van der Waals surface area contributed by atoms with Gasteiger partial charge in [-0.25, -0.2) is 9.98 Å². The van der Waals surface area contributed by atoms with Gasteiger partial charge in [0.15, 0.2) is 5.96 Å². The highest BCUT2D eigenvalue weighted by Gasteiger charge is 2.07. The van der Waals surface area contributed by atoms with Crippen molar-refractivity contribution < 1.29 is 9.47 Å². The van der Waals surface area contributed by atoms with Crippen LogP contribution in [0.3, 0.4) is 0 Å². The molecule has 8 heteroatoms. The molecular formula is C18H27IN4O2S. The van der Waals surface area contributed by atoms with Crippen LogP contribution in [0, 0.1) is 6.92 Å². The van der Waals surface area contributed by atoms with Crippen LogP contribution in [0.1, 0.15) is 23.7 Å². The van der Waals surface area contributed by atoms with Crippen molar-refractivity contribution in [2.75, 3.05) is 20.2 Å². The van der Waals surface area contributed by atoms with Crippen LogP contribution < -0.4 is 20.1 Å². The average Bonchev–Trinajstić information content (AvgIpc) is 3.03. The van der Waals surface area contributed by atoms with Crippen LogP contribution in [-0.4, -0.2) is 37.2 Å². The fourth-order valence-corrected chi connectivity index (χ4v) is 2.86. The predicted octanol–water partition coefficient (Wildman–Crippen LogP) is 3.60. The highest BCUT2D eigenvalue weighted by molar-refractivity contribution is 14.0. The van der Waals surface area contributed by atoms with Gasteiger partial charge < -0.3 is 20.1 Å². The van der Waals surface area contributed by atoms with Gasteiger partial charge in [0.05, 0.1) is 20.2 Å². The molecule has 1 unspecified atom stereocenters. The lowest BCUT2D eigenvalue weighted by Crippen LogP contribution is -2.41.